The lowest BCUT2D eigenvalue weighted by Gasteiger charge is -2.03. The van der Waals surface area contributed by atoms with Gasteiger partial charge in [-0.05, 0) is 25.3 Å². The number of carbonyl (C=O) groups is 1. The lowest BCUT2D eigenvalue weighted by molar-refractivity contribution is -0.299. The van der Waals surface area contributed by atoms with Gasteiger partial charge in [-0.2, -0.15) is 0 Å². The van der Waals surface area contributed by atoms with E-state index in [0.29, 0.717) is 5.57 Å². The van der Waals surface area contributed by atoms with Crippen LogP contribution in [0.2, 0.25) is 0 Å². The topological polar surface area (TPSA) is 40.1 Å². The molecule has 2 nitrogen and oxygen atoms in total. The van der Waals surface area contributed by atoms with Gasteiger partial charge >= 0.3 is 0 Å². The van der Waals surface area contributed by atoms with Gasteiger partial charge in [0.2, 0.25) is 0 Å². The third kappa shape index (κ3) is 17.4. The van der Waals surface area contributed by atoms with Crippen molar-refractivity contribution in [2.45, 2.75) is 117 Å². The van der Waals surface area contributed by atoms with Gasteiger partial charge in [-0.15, -0.1) is 0 Å². The number of carboxylic acids is 1. The Hall–Kier alpha value is -0.790. The van der Waals surface area contributed by atoms with Gasteiger partial charge in [-0.1, -0.05) is 103 Å². The molecule has 0 fully saturated rings. The third-order valence-electron chi connectivity index (χ3n) is 4.58. The molecule has 0 atom stereocenters. The van der Waals surface area contributed by atoms with Crippen LogP contribution in [-0.4, -0.2) is 5.97 Å². The quantitative estimate of drug-likeness (QED) is 0.245. The monoisotopic (exact) mass is 323 g/mol. The van der Waals surface area contributed by atoms with Crippen LogP contribution in [0.3, 0.4) is 0 Å². The number of carboxylic acid groups (broad SMARTS) is 1. The first-order valence-corrected chi connectivity index (χ1v) is 10.1. The van der Waals surface area contributed by atoms with Crippen LogP contribution in [0.1, 0.15) is 117 Å². The second kappa shape index (κ2) is 17.6. The highest BCUT2D eigenvalue weighted by Gasteiger charge is 1.94. The zero-order valence-electron chi connectivity index (χ0n) is 15.7. The van der Waals surface area contributed by atoms with Crippen molar-refractivity contribution in [3.8, 4) is 0 Å². The van der Waals surface area contributed by atoms with Crippen molar-refractivity contribution >= 4 is 5.97 Å². The van der Waals surface area contributed by atoms with Gasteiger partial charge < -0.3 is 9.90 Å². The number of rotatable bonds is 17. The normalized spacial score (nSPS) is 11.8. The van der Waals surface area contributed by atoms with E-state index in [9.17, 15) is 9.90 Å². The van der Waals surface area contributed by atoms with Crippen molar-refractivity contribution < 1.29 is 9.90 Å². The highest BCUT2D eigenvalue weighted by molar-refractivity contribution is 5.83. The fraction of sp³-hybridized carbons (Fsp3) is 0.857. The van der Waals surface area contributed by atoms with Crippen LogP contribution in [0, 0.1) is 0 Å². The Labute approximate surface area is 144 Å². The van der Waals surface area contributed by atoms with Gasteiger partial charge in [0.05, 0.1) is 5.97 Å². The van der Waals surface area contributed by atoms with Crippen LogP contribution in [0.4, 0.5) is 0 Å². The Balaban J connectivity index is 3.11. The molecule has 23 heavy (non-hydrogen) atoms. The van der Waals surface area contributed by atoms with E-state index in [1.165, 1.54) is 89.9 Å². The van der Waals surface area contributed by atoms with Gasteiger partial charge in [0.1, 0.15) is 0 Å². The maximum absolute atomic E-state index is 10.5. The van der Waals surface area contributed by atoms with E-state index in [4.69, 9.17) is 0 Å². The Morgan fingerprint density at radius 2 is 1.04 bits per heavy atom. The molecular formula is C21H39O2-. The summed E-state index contributed by atoms with van der Waals surface area (Å²) >= 11 is 0. The van der Waals surface area contributed by atoms with Gasteiger partial charge in [0, 0.05) is 0 Å². The van der Waals surface area contributed by atoms with E-state index >= 15 is 0 Å². The molecule has 0 radical (unpaired) electrons. The standard InChI is InChI=1S/C21H40O2/c1-3-4-5-6-7-8-9-10-11-12-13-14-15-16-17-18-19-20(2)21(22)23/h19H,3-18H2,1-2H3,(H,22,23)/p-1/b20-19+. The zero-order valence-corrected chi connectivity index (χ0v) is 15.7. The molecule has 0 N–H and O–H groups in total. The minimum absolute atomic E-state index is 0.371. The number of aliphatic carboxylic acids is 1. The van der Waals surface area contributed by atoms with Crippen molar-refractivity contribution in [1.82, 2.24) is 0 Å². The molecule has 0 aromatic rings. The van der Waals surface area contributed by atoms with Crippen molar-refractivity contribution in [3.05, 3.63) is 11.6 Å². The molecule has 0 bridgehead atoms. The van der Waals surface area contributed by atoms with E-state index < -0.39 is 5.97 Å². The molecule has 136 valence electrons. The van der Waals surface area contributed by atoms with E-state index in [2.05, 4.69) is 6.92 Å². The zero-order chi connectivity index (χ0) is 17.2. The Morgan fingerprint density at radius 1 is 0.696 bits per heavy atom. The second-order valence-corrected chi connectivity index (χ2v) is 6.91. The summed E-state index contributed by atoms with van der Waals surface area (Å²) in [4.78, 5) is 10.5. The summed E-state index contributed by atoms with van der Waals surface area (Å²) in [7, 11) is 0. The molecule has 2 heteroatoms. The Kier molecular flexibility index (Phi) is 17.0. The fourth-order valence-corrected chi connectivity index (χ4v) is 2.92. The van der Waals surface area contributed by atoms with Gasteiger partial charge in [0.25, 0.3) is 0 Å². The first-order valence-electron chi connectivity index (χ1n) is 10.1. The van der Waals surface area contributed by atoms with Gasteiger partial charge in [0.15, 0.2) is 0 Å². The lowest BCUT2D eigenvalue weighted by atomic mass is 10.0. The first-order chi connectivity index (χ1) is 11.2. The van der Waals surface area contributed by atoms with Crippen molar-refractivity contribution in [3.63, 3.8) is 0 Å². The predicted molar refractivity (Wildman–Crippen MR) is 98.3 cm³/mol. The van der Waals surface area contributed by atoms with Crippen molar-refractivity contribution in [2.24, 2.45) is 0 Å². The molecule has 0 aliphatic carbocycles. The smallest absolute Gasteiger partial charge is 0.0668 e. The molecule has 0 aromatic carbocycles. The summed E-state index contributed by atoms with van der Waals surface area (Å²) in [6.07, 6.45) is 23.1. The average Bonchev–Trinajstić information content (AvgIpc) is 2.54. The number of hydrogen-bond acceptors (Lipinski definition) is 2. The molecular weight excluding hydrogens is 284 g/mol. The van der Waals surface area contributed by atoms with Crippen LogP contribution < -0.4 is 5.11 Å². The summed E-state index contributed by atoms with van der Waals surface area (Å²) in [6, 6.07) is 0. The molecule has 0 aliphatic heterocycles. The number of hydrogen-bond donors (Lipinski definition) is 0. The molecule has 0 aliphatic rings. The molecule has 0 saturated heterocycles. The molecule has 0 amide bonds. The summed E-state index contributed by atoms with van der Waals surface area (Å²) in [5.74, 6) is -1.04. The van der Waals surface area contributed by atoms with Gasteiger partial charge in [-0.3, -0.25) is 0 Å². The number of carbonyl (C=O) groups excluding carboxylic acids is 1. The Morgan fingerprint density at radius 3 is 1.39 bits per heavy atom. The van der Waals surface area contributed by atoms with E-state index in [1.807, 2.05) is 0 Å². The predicted octanol–water partition coefficient (Wildman–Crippen LogP) is 5.94. The highest BCUT2D eigenvalue weighted by Crippen LogP contribution is 2.13. The molecule has 0 saturated carbocycles. The molecule has 0 unspecified atom stereocenters. The lowest BCUT2D eigenvalue weighted by Crippen LogP contribution is -2.22. The maximum Gasteiger partial charge on any atom is 0.0668 e. The van der Waals surface area contributed by atoms with Crippen molar-refractivity contribution in [1.29, 1.82) is 0 Å². The Bertz CT molecular complexity index is 294. The maximum atomic E-state index is 10.5. The van der Waals surface area contributed by atoms with E-state index in [-0.39, 0.29) is 0 Å². The highest BCUT2D eigenvalue weighted by atomic mass is 16.4. The van der Waals surface area contributed by atoms with Crippen LogP contribution in [0.25, 0.3) is 0 Å². The van der Waals surface area contributed by atoms with Crippen LogP contribution in [0.5, 0.6) is 0 Å². The second-order valence-electron chi connectivity index (χ2n) is 6.91. The summed E-state index contributed by atoms with van der Waals surface area (Å²) in [5.41, 5.74) is 0.371. The molecule has 0 heterocycles. The van der Waals surface area contributed by atoms with Crippen molar-refractivity contribution in [2.75, 3.05) is 0 Å². The van der Waals surface area contributed by atoms with Crippen LogP contribution in [-0.2, 0) is 4.79 Å². The summed E-state index contributed by atoms with van der Waals surface area (Å²) in [6.45, 7) is 3.88. The minimum Gasteiger partial charge on any atom is -0.545 e. The molecule has 0 spiro atoms. The largest absolute Gasteiger partial charge is 0.545 e. The summed E-state index contributed by atoms with van der Waals surface area (Å²) < 4.78 is 0. The summed E-state index contributed by atoms with van der Waals surface area (Å²) in [5, 5.41) is 10.5. The van der Waals surface area contributed by atoms with Gasteiger partial charge in [-0.25, -0.2) is 0 Å². The fourth-order valence-electron chi connectivity index (χ4n) is 2.92. The van der Waals surface area contributed by atoms with Crippen LogP contribution in [0.15, 0.2) is 11.6 Å². The molecule has 0 aromatic heterocycles. The average molecular weight is 324 g/mol. The number of unbranched alkanes of at least 4 members (excludes halogenated alkanes) is 15. The third-order valence-corrected chi connectivity index (χ3v) is 4.58. The first kappa shape index (κ1) is 22.2. The van der Waals surface area contributed by atoms with E-state index in [0.717, 1.165) is 12.8 Å². The minimum atomic E-state index is -1.04. The molecule has 0 rings (SSSR count). The van der Waals surface area contributed by atoms with E-state index in [1.54, 1.807) is 13.0 Å². The van der Waals surface area contributed by atoms with Crippen LogP contribution >= 0.6 is 0 Å². The SMILES string of the molecule is CCCCCCCCCCCCCCCCC/C=C(\C)C(=O)[O-]. The number of allylic oxidation sites excluding steroid dienone is 1.